The maximum Gasteiger partial charge on any atom is 0.387 e. The van der Waals surface area contributed by atoms with Crippen LogP contribution in [0.25, 0.3) is 27.8 Å². The smallest absolute Gasteiger partial charge is 0.387 e. The molecule has 4 aromatic rings. The Hall–Kier alpha value is -3.47. The van der Waals surface area contributed by atoms with E-state index in [1.54, 1.807) is 17.6 Å². The molecule has 1 unspecified atom stereocenters. The topological polar surface area (TPSA) is 87.8 Å². The number of halogens is 3. The van der Waals surface area contributed by atoms with Gasteiger partial charge in [0.25, 0.3) is 5.91 Å². The highest BCUT2D eigenvalue weighted by Gasteiger charge is 2.43. The highest BCUT2D eigenvalue weighted by atomic mass is 35.5. The number of hydrogen-bond donors (Lipinski definition) is 2. The second-order valence-electron chi connectivity index (χ2n) is 8.66. The lowest BCUT2D eigenvalue weighted by molar-refractivity contribution is -0.191. The minimum absolute atomic E-state index is 0.00476. The van der Waals surface area contributed by atoms with Gasteiger partial charge in [0, 0.05) is 5.88 Å². The van der Waals surface area contributed by atoms with Gasteiger partial charge in [0.15, 0.2) is 19.4 Å². The summed E-state index contributed by atoms with van der Waals surface area (Å²) in [6.07, 6.45) is 0.195. The van der Waals surface area contributed by atoms with Crippen molar-refractivity contribution in [3.8, 4) is 22.6 Å². The number of imidazole rings is 1. The van der Waals surface area contributed by atoms with Crippen LogP contribution in [0.1, 0.15) is 41.1 Å². The fraction of sp³-hybridized carbons (Fsp3) is 0.231. The van der Waals surface area contributed by atoms with Gasteiger partial charge in [0.1, 0.15) is 11.5 Å². The van der Waals surface area contributed by atoms with Crippen molar-refractivity contribution in [2.75, 3.05) is 0 Å². The molecule has 2 radical (unpaired) electrons. The molecule has 1 aromatic heterocycles. The van der Waals surface area contributed by atoms with E-state index >= 15 is 0 Å². The number of fused-ring (bicyclic) bond motifs is 5. The van der Waals surface area contributed by atoms with Gasteiger partial charge in [0.05, 0.1) is 22.6 Å². The molecule has 1 amide bonds. The normalized spacial score (nSPS) is 15.6. The second-order valence-corrected chi connectivity index (χ2v) is 8.92. The summed E-state index contributed by atoms with van der Waals surface area (Å²) >= 11 is 5.91. The molecule has 7 nitrogen and oxygen atoms in total. The summed E-state index contributed by atoms with van der Waals surface area (Å²) in [5, 5.41) is 20.7. The van der Waals surface area contributed by atoms with Gasteiger partial charge in [-0.05, 0) is 47.4 Å². The van der Waals surface area contributed by atoms with Crippen LogP contribution in [0.4, 0.5) is 8.78 Å². The van der Waals surface area contributed by atoms with E-state index in [4.69, 9.17) is 24.2 Å². The van der Waals surface area contributed by atoms with Gasteiger partial charge in [-0.2, -0.15) is 8.78 Å². The van der Waals surface area contributed by atoms with Crippen molar-refractivity contribution in [2.45, 2.75) is 37.7 Å². The highest BCUT2D eigenvalue weighted by molar-refractivity contribution is 6.17. The number of nitrogens with zero attached hydrogens (tertiary/aromatic N) is 3. The number of alkyl halides is 3. The summed E-state index contributed by atoms with van der Waals surface area (Å²) in [6, 6.07) is 16.2. The number of rotatable bonds is 6. The fourth-order valence-electron chi connectivity index (χ4n) is 4.77. The number of aromatic nitrogens is 2. The van der Waals surface area contributed by atoms with Crippen LogP contribution in [-0.4, -0.2) is 50.8 Å². The number of carbonyl (C=O) groups is 1. The number of benzene rings is 3. The van der Waals surface area contributed by atoms with Crippen LogP contribution in [0.15, 0.2) is 60.7 Å². The van der Waals surface area contributed by atoms with Crippen LogP contribution in [0.5, 0.6) is 5.75 Å². The molecule has 1 atom stereocenters. The van der Waals surface area contributed by atoms with Gasteiger partial charge in [-0.15, -0.1) is 11.6 Å². The quantitative estimate of drug-likeness (QED) is 0.217. The largest absolute Gasteiger partial charge is 0.433 e. The molecule has 1 aliphatic heterocycles. The minimum Gasteiger partial charge on any atom is -0.433 e. The van der Waals surface area contributed by atoms with E-state index in [1.807, 2.05) is 36.4 Å². The van der Waals surface area contributed by atoms with Gasteiger partial charge in [0.2, 0.25) is 0 Å². The zero-order valence-electron chi connectivity index (χ0n) is 19.6. The van der Waals surface area contributed by atoms with Gasteiger partial charge < -0.3 is 14.9 Å². The van der Waals surface area contributed by atoms with Crippen molar-refractivity contribution in [3.63, 3.8) is 0 Å². The average Bonchev–Trinajstić information content (AvgIpc) is 3.18. The molecule has 3 aromatic carbocycles. The van der Waals surface area contributed by atoms with Crippen LogP contribution < -0.4 is 4.74 Å². The van der Waals surface area contributed by atoms with E-state index in [9.17, 15) is 23.8 Å². The van der Waals surface area contributed by atoms with E-state index in [2.05, 4.69) is 4.98 Å². The lowest BCUT2D eigenvalue weighted by atomic mass is 9.97. The standard InChI is InChI=1S/C26H21BClF2N3O4/c1-2-19-23-31-18-11-10-16(15-8-6-14(13-28)7-9-15)12-20(18)32(23)22-17(24(34)33(19)26(27,35)36)4-3-5-21(22)37-25(29)30/h3-12,19,25,35-36H,2,13H2,1H3. The van der Waals surface area contributed by atoms with Gasteiger partial charge >= 0.3 is 6.61 Å². The molecule has 0 spiro atoms. The number of aliphatic hydroxyl groups is 2. The molecule has 0 saturated heterocycles. The third-order valence-corrected chi connectivity index (χ3v) is 6.67. The molecule has 0 fully saturated rings. The maximum absolute atomic E-state index is 13.6. The van der Waals surface area contributed by atoms with Crippen molar-refractivity contribution in [3.05, 3.63) is 77.6 Å². The van der Waals surface area contributed by atoms with E-state index in [0.29, 0.717) is 21.8 Å². The van der Waals surface area contributed by atoms with Crippen molar-refractivity contribution >= 4 is 36.4 Å². The predicted octanol–water partition coefficient (Wildman–Crippen LogP) is 4.70. The van der Waals surface area contributed by atoms with Crippen molar-refractivity contribution in [2.24, 2.45) is 0 Å². The molecule has 2 N–H and O–H groups in total. The summed E-state index contributed by atoms with van der Waals surface area (Å²) in [4.78, 5) is 18.9. The van der Waals surface area contributed by atoms with E-state index in [-0.39, 0.29) is 29.2 Å². The van der Waals surface area contributed by atoms with Crippen LogP contribution in [0.2, 0.25) is 0 Å². The molecule has 0 aliphatic carbocycles. The summed E-state index contributed by atoms with van der Waals surface area (Å²) in [6.45, 7) is -1.45. The Morgan fingerprint density at radius 1 is 1.14 bits per heavy atom. The lowest BCUT2D eigenvalue weighted by Gasteiger charge is -2.37. The summed E-state index contributed by atoms with van der Waals surface area (Å²) in [7, 11) is 5.61. The summed E-state index contributed by atoms with van der Waals surface area (Å²) < 4.78 is 33.2. The Labute approximate surface area is 217 Å². The molecular weight excluding hydrogens is 503 g/mol. The monoisotopic (exact) mass is 523 g/mol. The van der Waals surface area contributed by atoms with Crippen molar-refractivity contribution < 1.29 is 28.5 Å². The van der Waals surface area contributed by atoms with Crippen LogP contribution in [0, 0.1) is 0 Å². The first-order valence-electron chi connectivity index (χ1n) is 11.5. The SMILES string of the molecule is [B]C(O)(O)N1C(=O)c2cccc(OC(F)F)c2-n2c(nc3ccc(-c4ccc(CCl)cc4)cc32)C1CC. The van der Waals surface area contributed by atoms with Gasteiger partial charge in [-0.1, -0.05) is 43.3 Å². The molecule has 37 heavy (non-hydrogen) atoms. The molecule has 2 heterocycles. The zero-order valence-corrected chi connectivity index (χ0v) is 20.4. The van der Waals surface area contributed by atoms with Crippen molar-refractivity contribution in [1.82, 2.24) is 14.5 Å². The van der Waals surface area contributed by atoms with Gasteiger partial charge in [-0.25, -0.2) is 4.98 Å². The Kier molecular flexibility index (Phi) is 6.43. The van der Waals surface area contributed by atoms with Crippen LogP contribution in [0.3, 0.4) is 0 Å². The molecule has 188 valence electrons. The zero-order chi connectivity index (χ0) is 26.5. The van der Waals surface area contributed by atoms with Crippen LogP contribution in [-0.2, 0) is 5.88 Å². The highest BCUT2D eigenvalue weighted by Crippen LogP contribution is 2.42. The number of amides is 1. The second kappa shape index (κ2) is 9.44. The lowest BCUT2D eigenvalue weighted by Crippen LogP contribution is -2.53. The maximum atomic E-state index is 13.6. The molecule has 5 rings (SSSR count). The molecule has 0 bridgehead atoms. The number of carbonyl (C=O) groups excluding carboxylic acids is 1. The third kappa shape index (κ3) is 4.35. The Morgan fingerprint density at radius 3 is 2.46 bits per heavy atom. The molecule has 1 aliphatic rings. The summed E-state index contributed by atoms with van der Waals surface area (Å²) in [5.74, 6) is -3.60. The van der Waals surface area contributed by atoms with Gasteiger partial charge in [-0.3, -0.25) is 14.3 Å². The van der Waals surface area contributed by atoms with E-state index in [1.165, 1.54) is 18.2 Å². The minimum atomic E-state index is -3.17. The first-order chi connectivity index (χ1) is 17.6. The first-order valence-corrected chi connectivity index (χ1v) is 12.0. The predicted molar refractivity (Wildman–Crippen MR) is 135 cm³/mol. The van der Waals surface area contributed by atoms with Crippen LogP contribution >= 0.6 is 11.6 Å². The number of hydrogen-bond acceptors (Lipinski definition) is 5. The fourth-order valence-corrected chi connectivity index (χ4v) is 4.94. The van der Waals surface area contributed by atoms with Crippen molar-refractivity contribution in [1.29, 1.82) is 0 Å². The summed E-state index contributed by atoms with van der Waals surface area (Å²) in [5.41, 5.74) is 3.55. The first kappa shape index (κ1) is 25.2. The third-order valence-electron chi connectivity index (χ3n) is 6.36. The molecular formula is C26H21BClF2N3O4. The van der Waals surface area contributed by atoms with E-state index < -0.39 is 24.4 Å². The average molecular weight is 524 g/mol. The Morgan fingerprint density at radius 2 is 1.84 bits per heavy atom. The Balaban J connectivity index is 1.84. The van der Waals surface area contributed by atoms with E-state index in [0.717, 1.165) is 16.7 Å². The Bertz CT molecular complexity index is 1490. The number of para-hydroxylation sites is 1. The molecule has 0 saturated carbocycles. The molecule has 11 heteroatoms. The number of ether oxygens (including phenoxy) is 1.